The number of amides is 1. The van der Waals surface area contributed by atoms with Gasteiger partial charge in [0.2, 0.25) is 0 Å². The predicted octanol–water partition coefficient (Wildman–Crippen LogP) is 5.76. The topological polar surface area (TPSA) is 29.5 Å². The first kappa shape index (κ1) is 17.3. The Bertz CT molecular complexity index is 877. The van der Waals surface area contributed by atoms with Crippen molar-refractivity contribution in [2.24, 2.45) is 0 Å². The zero-order valence-corrected chi connectivity index (χ0v) is 16.5. The summed E-state index contributed by atoms with van der Waals surface area (Å²) in [4.78, 5) is 15.8. The number of nitrogens with zero attached hydrogens (tertiary/aromatic N) is 1. The summed E-state index contributed by atoms with van der Waals surface area (Å²) in [6, 6.07) is 5.87. The van der Waals surface area contributed by atoms with Gasteiger partial charge in [-0.15, -0.1) is 0 Å². The van der Waals surface area contributed by atoms with E-state index >= 15 is 0 Å². The molecule has 1 aliphatic heterocycles. The van der Waals surface area contributed by atoms with Crippen LogP contribution in [0.15, 0.2) is 30.4 Å². The van der Waals surface area contributed by atoms with Gasteiger partial charge in [-0.05, 0) is 52.0 Å². The molecule has 0 atom stereocenters. The fraction of sp³-hybridized carbons (Fsp3) is 0.333. The third-order valence-corrected chi connectivity index (χ3v) is 7.40. The van der Waals surface area contributed by atoms with Crippen LogP contribution in [0.4, 0.5) is 5.69 Å². The molecule has 1 aromatic heterocycles. The number of carbonyl (C=O) groups excluding carboxylic acids is 1. The molecule has 0 radical (unpaired) electrons. The highest BCUT2D eigenvalue weighted by atomic mass is 32.9. The maximum atomic E-state index is 12.8. The van der Waals surface area contributed by atoms with E-state index in [-0.39, 0.29) is 5.91 Å². The molecule has 1 amide bonds. The van der Waals surface area contributed by atoms with Crippen LogP contribution in [0, 0.1) is 3.82 Å². The van der Waals surface area contributed by atoms with Crippen molar-refractivity contribution >= 4 is 44.5 Å². The number of anilines is 1. The number of hydrogen-bond acceptors (Lipinski definition) is 5. The number of benzene rings is 1. The summed E-state index contributed by atoms with van der Waals surface area (Å²) in [6.45, 7) is 8.57. The van der Waals surface area contributed by atoms with Crippen LogP contribution in [0.1, 0.15) is 32.6 Å². The molecular weight excluding hydrogens is 358 g/mol. The Hall–Kier alpha value is -1.50. The van der Waals surface area contributed by atoms with E-state index in [1.54, 1.807) is 32.8 Å². The molecule has 126 valence electrons. The predicted molar refractivity (Wildman–Crippen MR) is 105 cm³/mol. The molecule has 0 fully saturated rings. The van der Waals surface area contributed by atoms with Gasteiger partial charge in [-0.3, -0.25) is 9.69 Å². The molecule has 2 heterocycles. The molecule has 24 heavy (non-hydrogen) atoms. The smallest absolute Gasteiger partial charge is 0.251 e. The fourth-order valence-corrected chi connectivity index (χ4v) is 6.36. The number of fused-ring (bicyclic) bond motifs is 3. The minimum Gasteiger partial charge on any atom is -0.494 e. The van der Waals surface area contributed by atoms with Crippen LogP contribution in [0.2, 0.25) is 0 Å². The minimum atomic E-state index is -0.440. The van der Waals surface area contributed by atoms with Crippen molar-refractivity contribution in [3.63, 3.8) is 0 Å². The second-order valence-electron chi connectivity index (χ2n) is 6.00. The van der Waals surface area contributed by atoms with Crippen molar-refractivity contribution in [2.45, 2.75) is 33.2 Å². The monoisotopic (exact) mass is 377 g/mol. The second-order valence-corrected chi connectivity index (χ2v) is 8.82. The van der Waals surface area contributed by atoms with E-state index in [4.69, 9.17) is 17.0 Å². The van der Waals surface area contributed by atoms with E-state index in [1.807, 2.05) is 36.9 Å². The molecule has 0 bridgehead atoms. The van der Waals surface area contributed by atoms with Gasteiger partial charge in [-0.1, -0.05) is 39.0 Å². The molecule has 2 aromatic rings. The van der Waals surface area contributed by atoms with E-state index in [1.165, 1.54) is 0 Å². The molecule has 1 aromatic carbocycles. The Kier molecular flexibility index (Phi) is 4.64. The Morgan fingerprint density at radius 1 is 1.38 bits per heavy atom. The fourth-order valence-electron chi connectivity index (χ4n) is 3.08. The van der Waals surface area contributed by atoms with Gasteiger partial charge in [0.15, 0.2) is 0 Å². The van der Waals surface area contributed by atoms with E-state index in [9.17, 15) is 4.79 Å². The summed E-state index contributed by atoms with van der Waals surface area (Å²) in [5, 5.41) is 0. The normalized spacial score (nSPS) is 15.2. The van der Waals surface area contributed by atoms with Crippen LogP contribution in [0.3, 0.4) is 0 Å². The Morgan fingerprint density at radius 2 is 2.12 bits per heavy atom. The maximum absolute atomic E-state index is 12.8. The average Bonchev–Trinajstić information content (AvgIpc) is 2.91. The van der Waals surface area contributed by atoms with Crippen molar-refractivity contribution < 1.29 is 9.53 Å². The molecule has 3 rings (SSSR count). The van der Waals surface area contributed by atoms with Crippen LogP contribution in [-0.4, -0.2) is 12.5 Å². The van der Waals surface area contributed by atoms with E-state index in [0.717, 1.165) is 31.3 Å². The standard InChI is InChI=1S/C18H19NO2S3/c1-5-7-14(20)19-13-9-8-11(21-6-2)10-12(13)15-16(18(19,3)4)23-24-17(15)22/h5,7-10H,6H2,1-4H3/b7-5+. The molecule has 0 saturated heterocycles. The molecule has 0 N–H and O–H groups in total. The van der Waals surface area contributed by atoms with Crippen molar-refractivity contribution in [2.75, 3.05) is 11.5 Å². The zero-order chi connectivity index (χ0) is 17.5. The highest BCUT2D eigenvalue weighted by molar-refractivity contribution is 7.80. The largest absolute Gasteiger partial charge is 0.494 e. The van der Waals surface area contributed by atoms with E-state index in [0.29, 0.717) is 6.61 Å². The van der Waals surface area contributed by atoms with Crippen LogP contribution in [0.5, 0.6) is 5.75 Å². The average molecular weight is 378 g/mol. The summed E-state index contributed by atoms with van der Waals surface area (Å²) in [6.07, 6.45) is 3.39. The molecular formula is C18H19NO2S3. The van der Waals surface area contributed by atoms with Crippen LogP contribution < -0.4 is 9.64 Å². The number of carbonyl (C=O) groups is 1. The summed E-state index contributed by atoms with van der Waals surface area (Å²) in [5.74, 6) is 0.772. The van der Waals surface area contributed by atoms with Gasteiger partial charge in [0.1, 0.15) is 9.57 Å². The van der Waals surface area contributed by atoms with Gasteiger partial charge in [0, 0.05) is 11.1 Å². The SMILES string of the molecule is C/C=C/C(=O)N1c2ccc(OCC)cc2-c2c(ssc2=S)C1(C)C. The zero-order valence-electron chi connectivity index (χ0n) is 14.1. The lowest BCUT2D eigenvalue weighted by Gasteiger charge is -2.42. The number of rotatable bonds is 3. The van der Waals surface area contributed by atoms with Crippen LogP contribution in [-0.2, 0) is 10.3 Å². The van der Waals surface area contributed by atoms with Gasteiger partial charge >= 0.3 is 0 Å². The van der Waals surface area contributed by atoms with Gasteiger partial charge in [0.05, 0.1) is 22.7 Å². The van der Waals surface area contributed by atoms with Crippen LogP contribution >= 0.6 is 32.9 Å². The second kappa shape index (κ2) is 6.43. The van der Waals surface area contributed by atoms with Crippen molar-refractivity contribution in [1.82, 2.24) is 0 Å². The molecule has 0 spiro atoms. The molecule has 0 saturated carbocycles. The van der Waals surface area contributed by atoms with Crippen molar-refractivity contribution in [3.05, 3.63) is 39.1 Å². The molecule has 6 heteroatoms. The molecule has 0 unspecified atom stereocenters. The first-order valence-electron chi connectivity index (χ1n) is 7.79. The summed E-state index contributed by atoms with van der Waals surface area (Å²) >= 11 is 5.59. The highest BCUT2D eigenvalue weighted by Gasteiger charge is 2.42. The lowest BCUT2D eigenvalue weighted by atomic mass is 9.87. The van der Waals surface area contributed by atoms with Gasteiger partial charge < -0.3 is 4.74 Å². The van der Waals surface area contributed by atoms with Gasteiger partial charge in [0.25, 0.3) is 5.91 Å². The van der Waals surface area contributed by atoms with Gasteiger partial charge in [-0.2, -0.15) is 0 Å². The Balaban J connectivity index is 2.30. The number of hydrogen-bond donors (Lipinski definition) is 0. The maximum Gasteiger partial charge on any atom is 0.251 e. The summed E-state index contributed by atoms with van der Waals surface area (Å²) in [5.41, 5.74) is 2.50. The Labute approximate surface area is 154 Å². The van der Waals surface area contributed by atoms with Crippen LogP contribution in [0.25, 0.3) is 11.1 Å². The van der Waals surface area contributed by atoms with E-state index < -0.39 is 5.54 Å². The highest BCUT2D eigenvalue weighted by Crippen LogP contribution is 2.52. The lowest BCUT2D eigenvalue weighted by Crippen LogP contribution is -2.47. The molecule has 3 nitrogen and oxygen atoms in total. The first-order chi connectivity index (χ1) is 11.4. The molecule has 0 aliphatic carbocycles. The number of allylic oxidation sites excluding steroid dienone is 1. The van der Waals surface area contributed by atoms with E-state index in [2.05, 4.69) is 13.8 Å². The third-order valence-electron chi connectivity index (χ3n) is 4.07. The quantitative estimate of drug-likeness (QED) is 0.387. The summed E-state index contributed by atoms with van der Waals surface area (Å²) < 4.78 is 6.53. The lowest BCUT2D eigenvalue weighted by molar-refractivity contribution is -0.115. The van der Waals surface area contributed by atoms with Crippen molar-refractivity contribution in [3.8, 4) is 16.9 Å². The number of ether oxygens (including phenoxy) is 1. The Morgan fingerprint density at radius 3 is 2.79 bits per heavy atom. The van der Waals surface area contributed by atoms with Gasteiger partial charge in [-0.25, -0.2) is 0 Å². The summed E-state index contributed by atoms with van der Waals surface area (Å²) in [7, 11) is 3.25. The third kappa shape index (κ3) is 2.62. The molecule has 1 aliphatic rings. The minimum absolute atomic E-state index is 0.0251. The first-order valence-corrected chi connectivity index (χ1v) is 10.3. The van der Waals surface area contributed by atoms with Crippen molar-refractivity contribution in [1.29, 1.82) is 0 Å².